The van der Waals surface area contributed by atoms with Gasteiger partial charge in [-0.2, -0.15) is 0 Å². The monoisotopic (exact) mass is 264 g/mol. The number of carboxylic acid groups (broad SMARTS) is 1. The Balaban J connectivity index is 2.29. The standard InChI is InChI=1S/C13H10F2N2O2/c14-9-6-16-12(17-7-9)10(13(18)19)5-8-3-1-2-4-11(8)15/h1-4,6-7,10H,5H2,(H,18,19). The van der Waals surface area contributed by atoms with E-state index in [0.717, 1.165) is 12.4 Å². The van der Waals surface area contributed by atoms with E-state index in [0.29, 0.717) is 0 Å². The van der Waals surface area contributed by atoms with Gasteiger partial charge >= 0.3 is 5.97 Å². The molecule has 1 N–H and O–H groups in total. The lowest BCUT2D eigenvalue weighted by Crippen LogP contribution is -2.18. The molecule has 0 radical (unpaired) electrons. The topological polar surface area (TPSA) is 63.1 Å². The van der Waals surface area contributed by atoms with E-state index in [9.17, 15) is 13.6 Å². The first-order valence-corrected chi connectivity index (χ1v) is 5.51. The average Bonchev–Trinajstić information content (AvgIpc) is 2.39. The number of nitrogens with zero attached hydrogens (tertiary/aromatic N) is 2. The van der Waals surface area contributed by atoms with Gasteiger partial charge in [-0.05, 0) is 18.1 Å². The Morgan fingerprint density at radius 2 is 1.84 bits per heavy atom. The maximum absolute atomic E-state index is 13.5. The zero-order chi connectivity index (χ0) is 13.8. The van der Waals surface area contributed by atoms with Crippen molar-refractivity contribution in [1.82, 2.24) is 9.97 Å². The van der Waals surface area contributed by atoms with Gasteiger partial charge in [0.25, 0.3) is 0 Å². The summed E-state index contributed by atoms with van der Waals surface area (Å²) in [6.07, 6.45) is 1.69. The Morgan fingerprint density at radius 1 is 1.21 bits per heavy atom. The average molecular weight is 264 g/mol. The van der Waals surface area contributed by atoms with Gasteiger partial charge in [-0.3, -0.25) is 4.79 Å². The quantitative estimate of drug-likeness (QED) is 0.919. The number of carboxylic acids is 1. The highest BCUT2D eigenvalue weighted by molar-refractivity contribution is 5.75. The van der Waals surface area contributed by atoms with Gasteiger partial charge in [-0.25, -0.2) is 18.7 Å². The van der Waals surface area contributed by atoms with Crippen molar-refractivity contribution in [2.75, 3.05) is 0 Å². The Bertz CT molecular complexity index is 587. The normalized spacial score (nSPS) is 12.1. The molecule has 98 valence electrons. The summed E-state index contributed by atoms with van der Waals surface area (Å²) in [6, 6.07) is 5.88. The first-order valence-electron chi connectivity index (χ1n) is 5.51. The molecule has 0 fully saturated rings. The molecule has 1 unspecified atom stereocenters. The number of aromatic nitrogens is 2. The van der Waals surface area contributed by atoms with Crippen LogP contribution in [0.25, 0.3) is 0 Å². The lowest BCUT2D eigenvalue weighted by atomic mass is 9.98. The summed E-state index contributed by atoms with van der Waals surface area (Å²) in [5, 5.41) is 9.15. The van der Waals surface area contributed by atoms with Crippen molar-refractivity contribution in [1.29, 1.82) is 0 Å². The first-order chi connectivity index (χ1) is 9.08. The molecule has 0 aliphatic rings. The maximum atomic E-state index is 13.5. The molecule has 0 aliphatic carbocycles. The van der Waals surface area contributed by atoms with Crippen LogP contribution in [-0.4, -0.2) is 21.0 Å². The second-order valence-corrected chi connectivity index (χ2v) is 3.95. The van der Waals surface area contributed by atoms with E-state index in [1.807, 2.05) is 0 Å². The number of hydrogen-bond donors (Lipinski definition) is 1. The summed E-state index contributed by atoms with van der Waals surface area (Å²) in [5.41, 5.74) is 0.253. The molecule has 0 amide bonds. The van der Waals surface area contributed by atoms with Crippen molar-refractivity contribution in [2.24, 2.45) is 0 Å². The predicted molar refractivity (Wildman–Crippen MR) is 62.5 cm³/mol. The molecular formula is C13H10F2N2O2. The van der Waals surface area contributed by atoms with Crippen LogP contribution in [0.2, 0.25) is 0 Å². The summed E-state index contributed by atoms with van der Waals surface area (Å²) in [5.74, 6) is -3.49. The van der Waals surface area contributed by atoms with E-state index in [4.69, 9.17) is 5.11 Å². The molecule has 2 rings (SSSR count). The Kier molecular flexibility index (Phi) is 3.79. The van der Waals surface area contributed by atoms with E-state index in [1.54, 1.807) is 6.07 Å². The molecule has 2 aromatic rings. The van der Waals surface area contributed by atoms with E-state index in [2.05, 4.69) is 9.97 Å². The highest BCUT2D eigenvalue weighted by atomic mass is 19.1. The van der Waals surface area contributed by atoms with Crippen molar-refractivity contribution in [2.45, 2.75) is 12.3 Å². The van der Waals surface area contributed by atoms with Crippen LogP contribution >= 0.6 is 0 Å². The van der Waals surface area contributed by atoms with Gasteiger partial charge < -0.3 is 5.11 Å². The number of carbonyl (C=O) groups is 1. The number of halogens is 2. The molecule has 4 nitrogen and oxygen atoms in total. The van der Waals surface area contributed by atoms with Gasteiger partial charge in [-0.15, -0.1) is 0 Å². The van der Waals surface area contributed by atoms with Crippen LogP contribution in [0.15, 0.2) is 36.7 Å². The lowest BCUT2D eigenvalue weighted by molar-refractivity contribution is -0.139. The van der Waals surface area contributed by atoms with Gasteiger partial charge in [0.1, 0.15) is 17.6 Å². The second-order valence-electron chi connectivity index (χ2n) is 3.95. The molecule has 0 aliphatic heterocycles. The minimum Gasteiger partial charge on any atom is -0.481 e. The summed E-state index contributed by atoms with van der Waals surface area (Å²) in [7, 11) is 0. The van der Waals surface area contributed by atoms with Crippen molar-refractivity contribution < 1.29 is 18.7 Å². The summed E-state index contributed by atoms with van der Waals surface area (Å²) < 4.78 is 26.2. The molecule has 19 heavy (non-hydrogen) atoms. The third-order valence-electron chi connectivity index (χ3n) is 2.63. The van der Waals surface area contributed by atoms with Crippen LogP contribution < -0.4 is 0 Å². The van der Waals surface area contributed by atoms with Crippen molar-refractivity contribution in [3.8, 4) is 0 Å². The first kappa shape index (κ1) is 13.1. The molecular weight excluding hydrogens is 254 g/mol. The fraction of sp³-hybridized carbons (Fsp3) is 0.154. The third kappa shape index (κ3) is 3.09. The molecule has 0 spiro atoms. The molecule has 1 heterocycles. The number of benzene rings is 1. The SMILES string of the molecule is O=C(O)C(Cc1ccccc1F)c1ncc(F)cn1. The van der Waals surface area contributed by atoms with Crippen LogP contribution in [-0.2, 0) is 11.2 Å². The Morgan fingerprint density at radius 3 is 2.42 bits per heavy atom. The van der Waals surface area contributed by atoms with Crippen LogP contribution in [0, 0.1) is 11.6 Å². The fourth-order valence-corrected chi connectivity index (χ4v) is 1.68. The zero-order valence-corrected chi connectivity index (χ0v) is 9.75. The van der Waals surface area contributed by atoms with Gasteiger partial charge in [0, 0.05) is 0 Å². The molecule has 0 saturated heterocycles. The van der Waals surface area contributed by atoms with E-state index < -0.39 is 23.5 Å². The summed E-state index contributed by atoms with van der Waals surface area (Å²) in [4.78, 5) is 18.5. The highest BCUT2D eigenvalue weighted by Crippen LogP contribution is 2.20. The van der Waals surface area contributed by atoms with Crippen LogP contribution in [0.3, 0.4) is 0 Å². The number of aliphatic carboxylic acids is 1. The molecule has 1 atom stereocenters. The van der Waals surface area contributed by atoms with E-state index in [1.165, 1.54) is 18.2 Å². The zero-order valence-electron chi connectivity index (χ0n) is 9.75. The maximum Gasteiger partial charge on any atom is 0.314 e. The van der Waals surface area contributed by atoms with Crippen LogP contribution in [0.5, 0.6) is 0 Å². The number of hydrogen-bond acceptors (Lipinski definition) is 3. The highest BCUT2D eigenvalue weighted by Gasteiger charge is 2.24. The van der Waals surface area contributed by atoms with Crippen molar-refractivity contribution >= 4 is 5.97 Å². The van der Waals surface area contributed by atoms with Gasteiger partial charge in [0.15, 0.2) is 5.82 Å². The minimum atomic E-state index is -1.19. The molecule has 0 saturated carbocycles. The lowest BCUT2D eigenvalue weighted by Gasteiger charge is -2.11. The van der Waals surface area contributed by atoms with Gasteiger partial charge in [-0.1, -0.05) is 18.2 Å². The minimum absolute atomic E-state index is 0.0443. The molecule has 1 aromatic carbocycles. The smallest absolute Gasteiger partial charge is 0.314 e. The predicted octanol–water partition coefficient (Wildman–Crippen LogP) is 2.17. The van der Waals surface area contributed by atoms with Crippen LogP contribution in [0.4, 0.5) is 8.78 Å². The largest absolute Gasteiger partial charge is 0.481 e. The summed E-state index contributed by atoms with van der Waals surface area (Å²) >= 11 is 0. The Labute approximate surface area is 107 Å². The van der Waals surface area contributed by atoms with Crippen LogP contribution in [0.1, 0.15) is 17.3 Å². The second kappa shape index (κ2) is 5.51. The Hall–Kier alpha value is -2.37. The molecule has 1 aromatic heterocycles. The molecule has 0 bridgehead atoms. The van der Waals surface area contributed by atoms with E-state index in [-0.39, 0.29) is 17.8 Å². The number of rotatable bonds is 4. The van der Waals surface area contributed by atoms with Gasteiger partial charge in [0.2, 0.25) is 0 Å². The van der Waals surface area contributed by atoms with Crippen molar-refractivity contribution in [3.63, 3.8) is 0 Å². The third-order valence-corrected chi connectivity index (χ3v) is 2.63. The fourth-order valence-electron chi connectivity index (χ4n) is 1.68. The van der Waals surface area contributed by atoms with Crippen molar-refractivity contribution in [3.05, 3.63) is 59.7 Å². The molecule has 6 heteroatoms. The summed E-state index contributed by atoms with van der Waals surface area (Å²) in [6.45, 7) is 0. The van der Waals surface area contributed by atoms with Gasteiger partial charge in [0.05, 0.1) is 12.4 Å². The van der Waals surface area contributed by atoms with E-state index >= 15 is 0 Å².